The van der Waals surface area contributed by atoms with Crippen molar-refractivity contribution in [2.75, 3.05) is 0 Å². The number of rotatable bonds is 0. The summed E-state index contributed by atoms with van der Waals surface area (Å²) in [4.78, 5) is 0. The van der Waals surface area contributed by atoms with Gasteiger partial charge in [-0.1, -0.05) is 0 Å². The summed E-state index contributed by atoms with van der Waals surface area (Å²) in [7, 11) is 0. The summed E-state index contributed by atoms with van der Waals surface area (Å²) in [5.41, 5.74) is 0. The van der Waals surface area contributed by atoms with E-state index in [4.69, 9.17) is 0 Å². The van der Waals surface area contributed by atoms with E-state index in [1.807, 2.05) is 0 Å². The zero-order valence-electron chi connectivity index (χ0n) is 3.50. The molecule has 4 heavy (non-hydrogen) atoms. The predicted octanol–water partition coefficient (Wildman–Crippen LogP) is -1.97. The first-order valence-electron chi connectivity index (χ1n) is 0. The molecule has 0 amide bonds. The molecule has 0 spiro atoms. The topological polar surface area (TPSA) is 31.5 Å². The third-order valence-corrected chi connectivity index (χ3v) is 0. The smallest absolute Gasteiger partial charge is 0 e. The van der Waals surface area contributed by atoms with Crippen molar-refractivity contribution < 1.29 is 5.48 Å². The van der Waals surface area contributed by atoms with Gasteiger partial charge in [-0.3, -0.25) is 0 Å². The maximum atomic E-state index is 0. The Labute approximate surface area is 61.7 Å². The third-order valence-electron chi connectivity index (χ3n) is 0. The van der Waals surface area contributed by atoms with Crippen molar-refractivity contribution in [1.82, 2.24) is 0 Å². The molecule has 0 fully saturated rings. The van der Waals surface area contributed by atoms with E-state index in [0.717, 1.165) is 0 Å². The Hall–Kier alpha value is 1.75. The minimum absolute atomic E-state index is 0. The first-order valence-corrected chi connectivity index (χ1v) is 0. The molecule has 0 aromatic carbocycles. The van der Waals surface area contributed by atoms with Crippen LogP contribution in [0.3, 0.4) is 0 Å². The summed E-state index contributed by atoms with van der Waals surface area (Å²) in [5.74, 6) is 0. The van der Waals surface area contributed by atoms with Crippen molar-refractivity contribution in [3.63, 3.8) is 0 Å². The van der Waals surface area contributed by atoms with Gasteiger partial charge in [-0.05, 0) is 0 Å². The van der Waals surface area contributed by atoms with Crippen LogP contribution in [0.5, 0.6) is 0 Å². The van der Waals surface area contributed by atoms with E-state index in [2.05, 4.69) is 0 Å². The molecule has 0 saturated carbocycles. The average molecular weight is 38.8 g/mol. The van der Waals surface area contributed by atoms with Gasteiger partial charge < -0.3 is 5.48 Å². The Morgan fingerprint density at radius 2 is 0.500 bits per heavy atom. The van der Waals surface area contributed by atoms with E-state index in [9.17, 15) is 0 Å². The van der Waals surface area contributed by atoms with Crippen LogP contribution in [0.1, 0.15) is 0 Å². The molecule has 0 bridgehead atoms. The van der Waals surface area contributed by atoms with Gasteiger partial charge in [0.2, 0.25) is 0 Å². The van der Waals surface area contributed by atoms with Crippen LogP contribution in [-0.2, 0) is 0 Å². The van der Waals surface area contributed by atoms with Crippen LogP contribution in [-0.4, -0.2) is 62.1 Å². The molecular formula is H2Li3O. The largest absolute Gasteiger partial charge is 0.412 e. The number of hydrogen-bond donors (Lipinski definition) is 0. The van der Waals surface area contributed by atoms with Gasteiger partial charge in [-0.25, -0.2) is 0 Å². The van der Waals surface area contributed by atoms with E-state index in [0.29, 0.717) is 0 Å². The molecule has 0 aliphatic carbocycles. The molecule has 0 saturated heterocycles. The zero-order valence-corrected chi connectivity index (χ0v) is 3.50. The molecule has 3 radical (unpaired) electrons. The molecule has 4 heteroatoms. The minimum atomic E-state index is 0. The van der Waals surface area contributed by atoms with Crippen molar-refractivity contribution in [2.45, 2.75) is 0 Å². The normalized spacial score (nSPS) is 0. The molecule has 0 aromatic rings. The fourth-order valence-electron chi connectivity index (χ4n) is 0. The van der Waals surface area contributed by atoms with E-state index >= 15 is 0 Å². The van der Waals surface area contributed by atoms with Gasteiger partial charge in [0.25, 0.3) is 0 Å². The van der Waals surface area contributed by atoms with Crippen LogP contribution < -0.4 is 0 Å². The summed E-state index contributed by atoms with van der Waals surface area (Å²) in [6, 6.07) is 0. The van der Waals surface area contributed by atoms with Crippen molar-refractivity contribution in [2.24, 2.45) is 0 Å². The molecule has 1 nitrogen and oxygen atoms in total. The van der Waals surface area contributed by atoms with E-state index in [-0.39, 0.29) is 62.1 Å². The second-order valence-electron chi connectivity index (χ2n) is 0. The van der Waals surface area contributed by atoms with E-state index < -0.39 is 0 Å². The fourth-order valence-corrected chi connectivity index (χ4v) is 0. The van der Waals surface area contributed by atoms with Crippen LogP contribution in [0.15, 0.2) is 0 Å². The fraction of sp³-hybridized carbons (Fsp3) is 0. The summed E-state index contributed by atoms with van der Waals surface area (Å²) in [6.07, 6.45) is 0. The summed E-state index contributed by atoms with van der Waals surface area (Å²) >= 11 is 0. The third kappa shape index (κ3) is 9.26. The summed E-state index contributed by atoms with van der Waals surface area (Å²) < 4.78 is 0. The van der Waals surface area contributed by atoms with Crippen LogP contribution in [0, 0.1) is 0 Å². The van der Waals surface area contributed by atoms with Crippen LogP contribution in [0.25, 0.3) is 0 Å². The Kier molecular flexibility index (Phi) is 231. The Bertz CT molecular complexity index is 3.25. The van der Waals surface area contributed by atoms with Crippen molar-refractivity contribution in [3.05, 3.63) is 0 Å². The van der Waals surface area contributed by atoms with Crippen LogP contribution in [0.4, 0.5) is 0 Å². The SMILES string of the molecule is O.[Li].[Li].[Li]. The molecule has 11 valence electrons. The Morgan fingerprint density at radius 3 is 0.500 bits per heavy atom. The molecule has 0 aromatic heterocycles. The van der Waals surface area contributed by atoms with Gasteiger partial charge in [0.15, 0.2) is 0 Å². The maximum absolute atomic E-state index is 0. The van der Waals surface area contributed by atoms with Crippen molar-refractivity contribution in [1.29, 1.82) is 0 Å². The molecule has 2 N–H and O–H groups in total. The monoisotopic (exact) mass is 39.1 g/mol. The quantitative estimate of drug-likeness (QED) is 0.280. The first-order chi connectivity index (χ1) is 0. The summed E-state index contributed by atoms with van der Waals surface area (Å²) in [5, 5.41) is 0. The van der Waals surface area contributed by atoms with Gasteiger partial charge in [-0.2, -0.15) is 0 Å². The molecule has 0 unspecified atom stereocenters. The van der Waals surface area contributed by atoms with Crippen LogP contribution >= 0.6 is 0 Å². The number of hydrogen-bond acceptors (Lipinski definition) is 0. The molecule has 0 atom stereocenters. The standard InChI is InChI=1S/3Li.H2O/h;;;1H2. The van der Waals surface area contributed by atoms with Gasteiger partial charge >= 0.3 is 0 Å². The summed E-state index contributed by atoms with van der Waals surface area (Å²) in [6.45, 7) is 0. The second-order valence-corrected chi connectivity index (χ2v) is 0. The molecule has 0 aliphatic heterocycles. The van der Waals surface area contributed by atoms with Crippen molar-refractivity contribution >= 4 is 56.6 Å². The van der Waals surface area contributed by atoms with Crippen molar-refractivity contribution in [3.8, 4) is 0 Å². The van der Waals surface area contributed by atoms with Gasteiger partial charge in [0.05, 0.1) is 0 Å². The van der Waals surface area contributed by atoms with Crippen LogP contribution in [0.2, 0.25) is 0 Å². The van der Waals surface area contributed by atoms with Gasteiger partial charge in [0, 0.05) is 56.6 Å². The zero-order chi connectivity index (χ0) is 0. The first kappa shape index (κ1) is 42.3. The molecular weight excluding hydrogens is 36.8 g/mol. The van der Waals surface area contributed by atoms with Gasteiger partial charge in [-0.15, -0.1) is 0 Å². The second kappa shape index (κ2) is 21.8. The van der Waals surface area contributed by atoms with E-state index in [1.54, 1.807) is 0 Å². The van der Waals surface area contributed by atoms with Gasteiger partial charge in [0.1, 0.15) is 0 Å². The average Bonchev–Trinajstić information content (AvgIpc) is 0. The molecule has 0 aliphatic rings. The Morgan fingerprint density at radius 1 is 0.500 bits per heavy atom. The molecule has 0 rings (SSSR count). The maximum Gasteiger partial charge on any atom is 0 e. The Balaban J connectivity index is 0. The predicted molar refractivity (Wildman–Crippen MR) is 20.9 cm³/mol. The minimum Gasteiger partial charge on any atom is -0.412 e. The van der Waals surface area contributed by atoms with E-state index in [1.165, 1.54) is 0 Å². The molecule has 0 heterocycles.